The smallest absolute Gasteiger partial charge is 0.447 e. The summed E-state index contributed by atoms with van der Waals surface area (Å²) in [5.41, 5.74) is 2.69. The number of ether oxygens (including phenoxy) is 2. The maximum absolute atomic E-state index is 12.5. The van der Waals surface area contributed by atoms with Crippen molar-refractivity contribution in [2.24, 2.45) is 0 Å². The molecule has 164 valence electrons. The Morgan fingerprint density at radius 2 is 1.93 bits per heavy atom. The number of hydrogen-bond donors (Lipinski definition) is 2. The van der Waals surface area contributed by atoms with Crippen molar-refractivity contribution in [2.45, 2.75) is 45.1 Å². The molecule has 30 heavy (non-hydrogen) atoms. The number of carbonyl (C=O) groups is 1. The zero-order chi connectivity index (χ0) is 21.7. The van der Waals surface area contributed by atoms with Crippen LogP contribution in [0.25, 0.3) is 0 Å². The Morgan fingerprint density at radius 1 is 1.20 bits per heavy atom. The number of carbonyl (C=O) groups excluding carboxylic acids is 1. The zero-order valence-electron chi connectivity index (χ0n) is 16.6. The van der Waals surface area contributed by atoms with E-state index in [1.54, 1.807) is 0 Å². The third kappa shape index (κ3) is 6.42. The molecule has 1 aromatic heterocycles. The average Bonchev–Trinajstić information content (AvgIpc) is 3.13. The molecule has 0 saturated carbocycles. The number of nitrogens with one attached hydrogen (secondary N) is 2. The van der Waals surface area contributed by atoms with Crippen LogP contribution in [-0.4, -0.2) is 48.3 Å². The van der Waals surface area contributed by atoms with Gasteiger partial charge in [-0.25, -0.2) is 0 Å². The van der Waals surface area contributed by atoms with Crippen molar-refractivity contribution >= 4 is 5.91 Å². The first-order chi connectivity index (χ1) is 14.2. The highest BCUT2D eigenvalue weighted by Gasteiger charge is 2.29. The minimum Gasteiger partial charge on any atom is -0.447 e. The van der Waals surface area contributed by atoms with Crippen LogP contribution in [0.15, 0.2) is 22.6 Å². The Morgan fingerprint density at radius 3 is 2.57 bits per heavy atom. The number of aryl methyl sites for hydroxylation is 2. The Hall–Kier alpha value is -2.66. The highest BCUT2D eigenvalue weighted by atomic mass is 19.4. The summed E-state index contributed by atoms with van der Waals surface area (Å²) in [4.78, 5) is 12.5. The van der Waals surface area contributed by atoms with Gasteiger partial charge in [0.2, 0.25) is 5.89 Å². The summed E-state index contributed by atoms with van der Waals surface area (Å²) in [6.07, 6.45) is -3.59. The molecule has 3 rings (SSSR count). The zero-order valence-corrected chi connectivity index (χ0v) is 16.6. The van der Waals surface area contributed by atoms with Gasteiger partial charge in [0.1, 0.15) is 6.61 Å². The number of rotatable bonds is 7. The van der Waals surface area contributed by atoms with Gasteiger partial charge in [-0.2, -0.15) is 0 Å². The van der Waals surface area contributed by atoms with Crippen molar-refractivity contribution in [1.29, 1.82) is 0 Å². The van der Waals surface area contributed by atoms with Crippen LogP contribution < -0.4 is 15.4 Å². The van der Waals surface area contributed by atoms with E-state index < -0.39 is 13.0 Å². The fourth-order valence-electron chi connectivity index (χ4n) is 3.27. The number of aromatic nitrogens is 2. The molecule has 1 saturated heterocycles. The second-order valence-electron chi connectivity index (χ2n) is 7.13. The molecule has 0 aliphatic carbocycles. The van der Waals surface area contributed by atoms with Gasteiger partial charge in [0, 0.05) is 18.2 Å². The maximum atomic E-state index is 12.5. The van der Waals surface area contributed by atoms with Gasteiger partial charge in [-0.1, -0.05) is 22.3 Å². The van der Waals surface area contributed by atoms with E-state index in [0.717, 1.165) is 11.1 Å². The van der Waals surface area contributed by atoms with Crippen LogP contribution in [0.2, 0.25) is 0 Å². The summed E-state index contributed by atoms with van der Waals surface area (Å²) < 4.78 is 49.6. The van der Waals surface area contributed by atoms with Crippen molar-refractivity contribution in [2.75, 3.05) is 19.8 Å². The van der Waals surface area contributed by atoms with Crippen LogP contribution in [-0.2, 0) is 4.74 Å². The highest BCUT2D eigenvalue weighted by molar-refractivity contribution is 5.94. The topological polar surface area (TPSA) is 98.5 Å². The predicted molar refractivity (Wildman–Crippen MR) is 98.9 cm³/mol. The quantitative estimate of drug-likeness (QED) is 0.655. The van der Waals surface area contributed by atoms with Gasteiger partial charge in [0.25, 0.3) is 5.91 Å². The fourth-order valence-corrected chi connectivity index (χ4v) is 3.27. The van der Waals surface area contributed by atoms with Gasteiger partial charge in [-0.05, 0) is 38.8 Å². The second-order valence-corrected chi connectivity index (χ2v) is 7.13. The van der Waals surface area contributed by atoms with E-state index in [9.17, 15) is 18.0 Å². The molecule has 2 aromatic rings. The molecule has 2 heterocycles. The summed E-state index contributed by atoms with van der Waals surface area (Å²) in [7, 11) is 0. The Bertz CT molecular complexity index is 843. The van der Waals surface area contributed by atoms with E-state index in [1.807, 2.05) is 32.0 Å². The molecule has 11 heteroatoms. The minimum absolute atomic E-state index is 0.0484. The lowest BCUT2D eigenvalue weighted by atomic mass is 10.00. The van der Waals surface area contributed by atoms with Gasteiger partial charge < -0.3 is 19.8 Å². The first-order valence-corrected chi connectivity index (χ1v) is 9.49. The van der Waals surface area contributed by atoms with E-state index >= 15 is 0 Å². The molecule has 2 atom stereocenters. The lowest BCUT2D eigenvalue weighted by Crippen LogP contribution is -2.46. The van der Waals surface area contributed by atoms with Crippen LogP contribution in [0.4, 0.5) is 13.2 Å². The van der Waals surface area contributed by atoms with E-state index in [4.69, 9.17) is 9.15 Å². The molecule has 1 aromatic carbocycles. The number of amides is 1. The molecule has 0 spiro atoms. The summed E-state index contributed by atoms with van der Waals surface area (Å²) in [5.74, 6) is 0.155. The summed E-state index contributed by atoms with van der Waals surface area (Å²) >= 11 is 0. The Kier molecular flexibility index (Phi) is 6.93. The molecular weight excluding hydrogens is 405 g/mol. The normalized spacial score (nSPS) is 19.5. The standard InChI is InChI=1S/C19H23F3N4O4/c1-11-7-12(2)9-13(8-11)16(27)24-14-3-4-15(23-10-14)17-25-26-18(30-17)28-5-6-29-19(20,21)22/h7-9,14-15,23H,3-6,10H2,1-2H3,(H,24,27)/t14-,15+/m0/s1. The lowest BCUT2D eigenvalue weighted by Gasteiger charge is -2.28. The Labute approximate surface area is 171 Å². The number of hydrogen-bond acceptors (Lipinski definition) is 7. The third-order valence-corrected chi connectivity index (χ3v) is 4.53. The molecule has 0 radical (unpaired) electrons. The maximum Gasteiger partial charge on any atom is 0.522 e. The number of nitrogens with zero attached hydrogens (tertiary/aromatic N) is 2. The number of benzene rings is 1. The SMILES string of the molecule is Cc1cc(C)cc(C(=O)N[C@H]2CC[C@H](c3nnc(OCCOC(F)(F)F)o3)NC2)c1. The average molecular weight is 428 g/mol. The van der Waals surface area contributed by atoms with Gasteiger partial charge in [0.15, 0.2) is 0 Å². The van der Waals surface area contributed by atoms with Crippen molar-refractivity contribution in [3.63, 3.8) is 0 Å². The first kappa shape index (κ1) is 22.0. The van der Waals surface area contributed by atoms with Crippen LogP contribution in [0.3, 0.4) is 0 Å². The first-order valence-electron chi connectivity index (χ1n) is 9.49. The van der Waals surface area contributed by atoms with Gasteiger partial charge in [-0.3, -0.25) is 9.53 Å². The van der Waals surface area contributed by atoms with Crippen molar-refractivity contribution in [1.82, 2.24) is 20.8 Å². The van der Waals surface area contributed by atoms with Crippen molar-refractivity contribution in [3.05, 3.63) is 40.8 Å². The van der Waals surface area contributed by atoms with E-state index in [-0.39, 0.29) is 36.6 Å². The fraction of sp³-hybridized carbons (Fsp3) is 0.526. The van der Waals surface area contributed by atoms with Gasteiger partial charge in [-0.15, -0.1) is 18.3 Å². The lowest BCUT2D eigenvalue weighted by molar-refractivity contribution is -0.325. The molecule has 1 amide bonds. The molecule has 1 aliphatic heterocycles. The monoisotopic (exact) mass is 428 g/mol. The van der Waals surface area contributed by atoms with Crippen LogP contribution in [0, 0.1) is 13.8 Å². The van der Waals surface area contributed by atoms with E-state index in [0.29, 0.717) is 24.9 Å². The predicted octanol–water partition coefficient (Wildman–Crippen LogP) is 2.82. The minimum atomic E-state index is -4.71. The summed E-state index contributed by atoms with van der Waals surface area (Å²) in [6.45, 7) is 3.36. The van der Waals surface area contributed by atoms with Crippen LogP contribution >= 0.6 is 0 Å². The van der Waals surface area contributed by atoms with Crippen LogP contribution in [0.5, 0.6) is 6.08 Å². The van der Waals surface area contributed by atoms with Crippen molar-refractivity contribution in [3.8, 4) is 6.08 Å². The summed E-state index contributed by atoms with van der Waals surface area (Å²) in [6, 6.07) is 5.43. The van der Waals surface area contributed by atoms with Crippen LogP contribution in [0.1, 0.15) is 46.3 Å². The number of piperidine rings is 1. The van der Waals surface area contributed by atoms with Crippen molar-refractivity contribution < 1.29 is 31.9 Å². The molecule has 1 fully saturated rings. The second kappa shape index (κ2) is 9.43. The van der Waals surface area contributed by atoms with E-state index in [2.05, 4.69) is 25.6 Å². The molecule has 1 aliphatic rings. The third-order valence-electron chi connectivity index (χ3n) is 4.53. The number of halogens is 3. The molecule has 0 unspecified atom stereocenters. The molecule has 2 N–H and O–H groups in total. The Balaban J connectivity index is 1.44. The summed E-state index contributed by atoms with van der Waals surface area (Å²) in [5, 5.41) is 13.8. The largest absolute Gasteiger partial charge is 0.522 e. The molecular formula is C19H23F3N4O4. The molecule has 0 bridgehead atoms. The van der Waals surface area contributed by atoms with Gasteiger partial charge >= 0.3 is 12.4 Å². The van der Waals surface area contributed by atoms with E-state index in [1.165, 1.54) is 0 Å². The van der Waals surface area contributed by atoms with Gasteiger partial charge in [0.05, 0.1) is 12.6 Å². The highest BCUT2D eigenvalue weighted by Crippen LogP contribution is 2.24. The molecule has 8 nitrogen and oxygen atoms in total. The number of alkyl halides is 3.